The number of aryl methyl sites for hydroxylation is 1. The Morgan fingerprint density at radius 2 is 1.86 bits per heavy atom. The topological polar surface area (TPSA) is 93.4 Å². The van der Waals surface area contributed by atoms with Gasteiger partial charge in [-0.15, -0.1) is 0 Å². The van der Waals surface area contributed by atoms with Crippen LogP contribution in [0.15, 0.2) is 71.4 Å². The maximum atomic E-state index is 12.9. The molecule has 0 bridgehead atoms. The summed E-state index contributed by atoms with van der Waals surface area (Å²) in [5.41, 5.74) is 3.86. The molecule has 5 rings (SSSR count). The Labute approximate surface area is 216 Å². The lowest BCUT2D eigenvalue weighted by atomic mass is 9.95. The predicted octanol–water partition coefficient (Wildman–Crippen LogP) is 5.04. The first-order valence-electron chi connectivity index (χ1n) is 12.7. The minimum absolute atomic E-state index is 0.0424. The third kappa shape index (κ3) is 5.63. The zero-order valence-electron chi connectivity index (χ0n) is 21.2. The van der Waals surface area contributed by atoms with Crippen molar-refractivity contribution >= 4 is 11.7 Å². The van der Waals surface area contributed by atoms with E-state index in [4.69, 9.17) is 9.26 Å². The largest absolute Gasteiger partial charge is 0.494 e. The molecule has 37 heavy (non-hydrogen) atoms. The average Bonchev–Trinajstić information content (AvgIpc) is 3.43. The number of piperidine rings is 1. The average molecular weight is 498 g/mol. The molecule has 3 heterocycles. The Morgan fingerprint density at radius 3 is 2.65 bits per heavy atom. The lowest BCUT2D eigenvalue weighted by Gasteiger charge is -2.32. The number of para-hydroxylation sites is 1. The smallest absolute Gasteiger partial charge is 0.261 e. The van der Waals surface area contributed by atoms with E-state index in [-0.39, 0.29) is 11.8 Å². The van der Waals surface area contributed by atoms with Crippen molar-refractivity contribution in [1.29, 1.82) is 0 Å². The molecule has 8 nitrogen and oxygen atoms in total. The number of hydrogen-bond donors (Lipinski definition) is 1. The second kappa shape index (κ2) is 11.2. The highest BCUT2D eigenvalue weighted by atomic mass is 16.5. The van der Waals surface area contributed by atoms with E-state index in [1.165, 1.54) is 5.56 Å². The quantitative estimate of drug-likeness (QED) is 0.365. The normalized spacial score (nSPS) is 13.9. The minimum atomic E-state index is -0.0424. The van der Waals surface area contributed by atoms with Crippen LogP contribution in [0, 0.1) is 12.8 Å². The second-order valence-corrected chi connectivity index (χ2v) is 9.18. The van der Waals surface area contributed by atoms with Gasteiger partial charge in [0.1, 0.15) is 11.6 Å². The summed E-state index contributed by atoms with van der Waals surface area (Å²) < 4.78 is 11.3. The highest BCUT2D eigenvalue weighted by Gasteiger charge is 2.28. The molecule has 0 atom stereocenters. The maximum absolute atomic E-state index is 12.9. The summed E-state index contributed by atoms with van der Waals surface area (Å²) in [7, 11) is 0. The summed E-state index contributed by atoms with van der Waals surface area (Å²) >= 11 is 0. The Hall–Kier alpha value is -4.20. The van der Waals surface area contributed by atoms with Crippen LogP contribution in [0.4, 0.5) is 5.82 Å². The van der Waals surface area contributed by atoms with Gasteiger partial charge in [-0.25, -0.2) is 4.98 Å². The van der Waals surface area contributed by atoms with E-state index >= 15 is 0 Å². The van der Waals surface area contributed by atoms with Crippen LogP contribution < -0.4 is 15.0 Å². The number of amides is 1. The van der Waals surface area contributed by atoms with Crippen molar-refractivity contribution < 1.29 is 14.1 Å². The lowest BCUT2D eigenvalue weighted by Crippen LogP contribution is -2.40. The minimum Gasteiger partial charge on any atom is -0.494 e. The molecule has 0 spiro atoms. The Balaban J connectivity index is 1.22. The Morgan fingerprint density at radius 1 is 1.08 bits per heavy atom. The van der Waals surface area contributed by atoms with Crippen molar-refractivity contribution in [2.75, 3.05) is 24.6 Å². The molecule has 1 aliphatic rings. The van der Waals surface area contributed by atoms with Gasteiger partial charge in [0.25, 0.3) is 5.89 Å². The van der Waals surface area contributed by atoms with Crippen molar-refractivity contribution in [2.24, 2.45) is 5.92 Å². The van der Waals surface area contributed by atoms with Crippen LogP contribution in [-0.4, -0.2) is 40.7 Å². The fourth-order valence-corrected chi connectivity index (χ4v) is 4.60. The highest BCUT2D eigenvalue weighted by molar-refractivity contribution is 5.79. The molecule has 1 amide bonds. The number of nitrogens with zero attached hydrogens (tertiary/aromatic N) is 4. The summed E-state index contributed by atoms with van der Waals surface area (Å²) in [6.45, 7) is 6.49. The van der Waals surface area contributed by atoms with E-state index in [0.717, 1.165) is 54.2 Å². The van der Waals surface area contributed by atoms with Gasteiger partial charge in [0.15, 0.2) is 0 Å². The van der Waals surface area contributed by atoms with Gasteiger partial charge in [0.05, 0.1) is 12.2 Å². The highest BCUT2D eigenvalue weighted by Crippen LogP contribution is 2.32. The number of hydrogen-bond acceptors (Lipinski definition) is 7. The van der Waals surface area contributed by atoms with E-state index in [9.17, 15) is 4.79 Å². The zero-order valence-corrected chi connectivity index (χ0v) is 21.2. The van der Waals surface area contributed by atoms with Crippen LogP contribution in [0.1, 0.15) is 30.9 Å². The molecule has 1 fully saturated rings. The standard InChI is InChI=1S/C29H31N5O3/c1-3-36-25-9-5-4-7-23(25)19-31-28(35)22-14-17-34(18-15-22)27-24(8-6-16-30-27)29-32-26(33-37-29)21-12-10-20(2)11-13-21/h4-13,16,22H,3,14-15,17-19H2,1-2H3,(H,31,35). The summed E-state index contributed by atoms with van der Waals surface area (Å²) in [5.74, 6) is 2.63. The molecular weight excluding hydrogens is 466 g/mol. The van der Waals surface area contributed by atoms with Crippen LogP contribution >= 0.6 is 0 Å². The number of carbonyl (C=O) groups excluding carboxylic acids is 1. The number of pyridine rings is 1. The molecule has 190 valence electrons. The number of rotatable bonds is 8. The number of ether oxygens (including phenoxy) is 1. The molecule has 1 aliphatic heterocycles. The van der Waals surface area contributed by atoms with Gasteiger partial charge in [0, 0.05) is 42.9 Å². The van der Waals surface area contributed by atoms with E-state index in [0.29, 0.717) is 24.9 Å². The van der Waals surface area contributed by atoms with Gasteiger partial charge in [0.2, 0.25) is 11.7 Å². The van der Waals surface area contributed by atoms with Crippen molar-refractivity contribution in [3.8, 4) is 28.6 Å². The second-order valence-electron chi connectivity index (χ2n) is 9.18. The fraction of sp³-hybridized carbons (Fsp3) is 0.310. The van der Waals surface area contributed by atoms with Gasteiger partial charge < -0.3 is 19.5 Å². The number of anilines is 1. The van der Waals surface area contributed by atoms with Crippen LogP contribution in [0.5, 0.6) is 5.75 Å². The van der Waals surface area contributed by atoms with Crippen molar-refractivity contribution in [3.05, 3.63) is 78.0 Å². The molecule has 8 heteroatoms. The Bertz CT molecular complexity index is 1340. The van der Waals surface area contributed by atoms with Gasteiger partial charge >= 0.3 is 0 Å². The molecule has 1 saturated heterocycles. The van der Waals surface area contributed by atoms with E-state index < -0.39 is 0 Å². The lowest BCUT2D eigenvalue weighted by molar-refractivity contribution is -0.125. The van der Waals surface area contributed by atoms with E-state index in [1.54, 1.807) is 6.20 Å². The van der Waals surface area contributed by atoms with Crippen LogP contribution in [0.2, 0.25) is 0 Å². The number of nitrogens with one attached hydrogen (secondary N) is 1. The first-order valence-corrected chi connectivity index (χ1v) is 12.7. The molecular formula is C29H31N5O3. The molecule has 0 saturated carbocycles. The molecule has 0 unspecified atom stereocenters. The van der Waals surface area contributed by atoms with E-state index in [2.05, 4.69) is 25.3 Å². The van der Waals surface area contributed by atoms with E-state index in [1.807, 2.05) is 74.5 Å². The van der Waals surface area contributed by atoms with Gasteiger partial charge in [-0.3, -0.25) is 4.79 Å². The SMILES string of the molecule is CCOc1ccccc1CNC(=O)C1CCN(c2ncccc2-c2nc(-c3ccc(C)cc3)no2)CC1. The molecule has 4 aromatic rings. The molecule has 0 aliphatic carbocycles. The van der Waals surface area contributed by atoms with Crippen molar-refractivity contribution in [3.63, 3.8) is 0 Å². The Kier molecular flexibility index (Phi) is 7.44. The van der Waals surface area contributed by atoms with Crippen LogP contribution in [0.25, 0.3) is 22.8 Å². The van der Waals surface area contributed by atoms with Gasteiger partial charge in [-0.1, -0.05) is 53.2 Å². The van der Waals surface area contributed by atoms with Crippen molar-refractivity contribution in [2.45, 2.75) is 33.2 Å². The van der Waals surface area contributed by atoms with Gasteiger partial charge in [-0.05, 0) is 44.9 Å². The maximum Gasteiger partial charge on any atom is 0.261 e. The zero-order chi connectivity index (χ0) is 25.6. The summed E-state index contributed by atoms with van der Waals surface area (Å²) in [4.78, 5) is 24.4. The van der Waals surface area contributed by atoms with Crippen molar-refractivity contribution in [1.82, 2.24) is 20.4 Å². The summed E-state index contributed by atoms with van der Waals surface area (Å²) in [6.07, 6.45) is 3.26. The predicted molar refractivity (Wildman–Crippen MR) is 142 cm³/mol. The first kappa shape index (κ1) is 24.5. The fourth-order valence-electron chi connectivity index (χ4n) is 4.60. The third-order valence-electron chi connectivity index (χ3n) is 6.64. The molecule has 1 N–H and O–H groups in total. The summed E-state index contributed by atoms with van der Waals surface area (Å²) in [6, 6.07) is 19.7. The molecule has 2 aromatic carbocycles. The summed E-state index contributed by atoms with van der Waals surface area (Å²) in [5, 5.41) is 7.28. The first-order chi connectivity index (χ1) is 18.1. The monoisotopic (exact) mass is 497 g/mol. The molecule has 2 aromatic heterocycles. The molecule has 0 radical (unpaired) electrons. The third-order valence-corrected chi connectivity index (χ3v) is 6.64. The number of benzene rings is 2. The van der Waals surface area contributed by atoms with Crippen LogP contribution in [0.3, 0.4) is 0 Å². The van der Waals surface area contributed by atoms with Crippen LogP contribution in [-0.2, 0) is 11.3 Å². The number of carbonyl (C=O) groups is 1. The number of aromatic nitrogens is 3. The van der Waals surface area contributed by atoms with Gasteiger partial charge in [-0.2, -0.15) is 4.98 Å².